The van der Waals surface area contributed by atoms with E-state index in [1.807, 2.05) is 36.2 Å². The van der Waals surface area contributed by atoms with Crippen molar-refractivity contribution in [2.75, 3.05) is 25.1 Å². The average Bonchev–Trinajstić information content (AvgIpc) is 2.97. The van der Waals surface area contributed by atoms with Gasteiger partial charge >= 0.3 is 0 Å². The molecule has 1 aromatic heterocycles. The van der Waals surface area contributed by atoms with E-state index in [9.17, 15) is 13.2 Å². The molecule has 6 nitrogen and oxygen atoms in total. The number of hydrogen-bond donors (Lipinski definition) is 1. The van der Waals surface area contributed by atoms with Gasteiger partial charge in [-0.2, -0.15) is 0 Å². The molecule has 2 heterocycles. The largest absolute Gasteiger partial charge is 0.349 e. The Balaban J connectivity index is 1.56. The van der Waals surface area contributed by atoms with Crippen molar-refractivity contribution in [1.29, 1.82) is 0 Å². The molecule has 0 aliphatic carbocycles. The number of nitrogens with one attached hydrogen (secondary N) is 1. The highest BCUT2D eigenvalue weighted by atomic mass is 32.2. The van der Waals surface area contributed by atoms with E-state index in [1.165, 1.54) is 0 Å². The summed E-state index contributed by atoms with van der Waals surface area (Å²) in [5.74, 6) is 0.0109. The molecule has 0 bridgehead atoms. The highest BCUT2D eigenvalue weighted by molar-refractivity contribution is 7.91. The number of hydrogen-bond acceptors (Lipinski definition) is 6. The van der Waals surface area contributed by atoms with E-state index in [0.717, 1.165) is 15.2 Å². The number of thiazole rings is 1. The third kappa shape index (κ3) is 4.12. The van der Waals surface area contributed by atoms with Crippen LogP contribution >= 0.6 is 11.3 Å². The van der Waals surface area contributed by atoms with E-state index in [2.05, 4.69) is 10.3 Å². The molecular weight excluding hydrogens is 346 g/mol. The normalized spacial score (nSPS) is 23.0. The van der Waals surface area contributed by atoms with Gasteiger partial charge in [-0.05, 0) is 32.5 Å². The lowest BCUT2D eigenvalue weighted by atomic mass is 10.0. The second-order valence-corrected chi connectivity index (χ2v) is 10.00. The summed E-state index contributed by atoms with van der Waals surface area (Å²) < 4.78 is 24.3. The van der Waals surface area contributed by atoms with Gasteiger partial charge < -0.3 is 5.32 Å². The topological polar surface area (TPSA) is 79.4 Å². The fourth-order valence-corrected chi connectivity index (χ4v) is 6.15. The smallest absolute Gasteiger partial charge is 0.234 e. The first-order valence-corrected chi connectivity index (χ1v) is 10.4. The molecule has 3 rings (SSSR count). The van der Waals surface area contributed by atoms with Crippen LogP contribution in [0.4, 0.5) is 0 Å². The molecule has 0 spiro atoms. The number of likely N-dealkylation sites (N-methyl/N-ethyl adjacent to an activating group) is 1. The molecule has 1 amide bonds. The van der Waals surface area contributed by atoms with Crippen molar-refractivity contribution in [1.82, 2.24) is 15.2 Å². The lowest BCUT2D eigenvalue weighted by molar-refractivity contribution is -0.123. The number of sulfone groups is 1. The van der Waals surface area contributed by atoms with Crippen molar-refractivity contribution in [2.45, 2.75) is 25.4 Å². The molecule has 1 aliphatic heterocycles. The molecule has 8 heteroatoms. The first kappa shape index (κ1) is 17.3. The fourth-order valence-electron chi connectivity index (χ4n) is 3.00. The van der Waals surface area contributed by atoms with Gasteiger partial charge in [0.15, 0.2) is 9.84 Å². The number of carbonyl (C=O) groups is 1. The Labute approximate surface area is 145 Å². The molecule has 0 saturated carbocycles. The van der Waals surface area contributed by atoms with Crippen LogP contribution in [0.3, 0.4) is 0 Å². The van der Waals surface area contributed by atoms with Gasteiger partial charge in [0.1, 0.15) is 5.01 Å². The lowest BCUT2D eigenvalue weighted by Gasteiger charge is -2.25. The summed E-state index contributed by atoms with van der Waals surface area (Å²) in [4.78, 5) is 18.7. The number of amides is 1. The van der Waals surface area contributed by atoms with Crippen LogP contribution in [0, 0.1) is 0 Å². The molecule has 1 N–H and O–H groups in total. The highest BCUT2D eigenvalue weighted by Gasteiger charge is 2.39. The van der Waals surface area contributed by atoms with Crippen molar-refractivity contribution < 1.29 is 13.2 Å². The van der Waals surface area contributed by atoms with Crippen molar-refractivity contribution >= 4 is 37.3 Å². The summed E-state index contributed by atoms with van der Waals surface area (Å²) in [7, 11) is -1.17. The van der Waals surface area contributed by atoms with Crippen molar-refractivity contribution in [3.8, 4) is 0 Å². The average molecular weight is 367 g/mol. The zero-order chi connectivity index (χ0) is 17.4. The summed E-state index contributed by atoms with van der Waals surface area (Å²) in [5, 5.41) is 3.84. The summed E-state index contributed by atoms with van der Waals surface area (Å²) >= 11 is 1.62. The number of benzene rings is 1. The number of carbonyl (C=O) groups excluding carboxylic acids is 1. The minimum atomic E-state index is -3.03. The van der Waals surface area contributed by atoms with Crippen LogP contribution in [0.1, 0.15) is 18.4 Å². The monoisotopic (exact) mass is 367 g/mol. The molecular formula is C16H21N3O3S2. The molecule has 1 fully saturated rings. The Morgan fingerprint density at radius 3 is 2.83 bits per heavy atom. The Hall–Kier alpha value is -1.51. The van der Waals surface area contributed by atoms with Gasteiger partial charge in [-0.3, -0.25) is 9.69 Å². The standard InChI is InChI=1S/C16H21N3O3S2/c1-16(7-8-24(21,22)11-16)18-14(20)9-19(2)10-15-17-12-5-3-4-6-13(12)23-15/h3-6H,7-11H2,1-2H3,(H,18,20)/t16-/m0/s1. The molecule has 24 heavy (non-hydrogen) atoms. The van der Waals surface area contributed by atoms with Crippen molar-refractivity contribution in [2.24, 2.45) is 0 Å². The van der Waals surface area contributed by atoms with Crippen LogP contribution in [0.5, 0.6) is 0 Å². The number of aromatic nitrogens is 1. The molecule has 0 radical (unpaired) electrons. The zero-order valence-electron chi connectivity index (χ0n) is 13.8. The molecule has 2 aromatic rings. The molecule has 0 unspecified atom stereocenters. The minimum Gasteiger partial charge on any atom is -0.349 e. The summed E-state index contributed by atoms with van der Waals surface area (Å²) in [6, 6.07) is 7.95. The van der Waals surface area contributed by atoms with E-state index in [4.69, 9.17) is 0 Å². The molecule has 1 saturated heterocycles. The SMILES string of the molecule is CN(CC(=O)N[C@@]1(C)CCS(=O)(=O)C1)Cc1nc2ccccc2s1. The summed E-state index contributed by atoms with van der Waals surface area (Å²) in [6.07, 6.45) is 0.475. The summed E-state index contributed by atoms with van der Waals surface area (Å²) in [5.41, 5.74) is 0.325. The maximum absolute atomic E-state index is 12.2. The first-order chi connectivity index (χ1) is 11.2. The maximum Gasteiger partial charge on any atom is 0.234 e. The van der Waals surface area contributed by atoms with Crippen LogP contribution in [0.25, 0.3) is 10.2 Å². The molecule has 130 valence electrons. The Morgan fingerprint density at radius 2 is 2.17 bits per heavy atom. The molecule has 1 aromatic carbocycles. The van der Waals surface area contributed by atoms with Gasteiger partial charge in [0.05, 0.1) is 40.4 Å². The van der Waals surface area contributed by atoms with E-state index in [0.29, 0.717) is 13.0 Å². The fraction of sp³-hybridized carbons (Fsp3) is 0.500. The third-order valence-corrected chi connectivity index (χ3v) is 7.03. The predicted octanol–water partition coefficient (Wildman–Crippen LogP) is 1.42. The van der Waals surface area contributed by atoms with E-state index in [-0.39, 0.29) is 24.0 Å². The third-order valence-electron chi connectivity index (χ3n) is 4.10. The van der Waals surface area contributed by atoms with Gasteiger partial charge in [0.25, 0.3) is 0 Å². The van der Waals surface area contributed by atoms with Gasteiger partial charge in [0, 0.05) is 0 Å². The zero-order valence-corrected chi connectivity index (χ0v) is 15.4. The van der Waals surface area contributed by atoms with Crippen LogP contribution in [0.15, 0.2) is 24.3 Å². The second kappa shape index (κ2) is 6.42. The number of rotatable bonds is 5. The quantitative estimate of drug-likeness (QED) is 0.865. The van der Waals surface area contributed by atoms with Gasteiger partial charge in [-0.15, -0.1) is 11.3 Å². The summed E-state index contributed by atoms with van der Waals surface area (Å²) in [6.45, 7) is 2.59. The Morgan fingerprint density at radius 1 is 1.42 bits per heavy atom. The van der Waals surface area contributed by atoms with E-state index in [1.54, 1.807) is 18.3 Å². The predicted molar refractivity (Wildman–Crippen MR) is 95.8 cm³/mol. The van der Waals surface area contributed by atoms with Crippen molar-refractivity contribution in [3.05, 3.63) is 29.3 Å². The van der Waals surface area contributed by atoms with Crippen molar-refractivity contribution in [3.63, 3.8) is 0 Å². The van der Waals surface area contributed by atoms with Crippen LogP contribution in [-0.4, -0.2) is 54.8 Å². The number of para-hydroxylation sites is 1. The Bertz CT molecular complexity index is 829. The number of fused-ring (bicyclic) bond motifs is 1. The highest BCUT2D eigenvalue weighted by Crippen LogP contribution is 2.23. The minimum absolute atomic E-state index is 0.0212. The van der Waals surface area contributed by atoms with Crippen LogP contribution in [0.2, 0.25) is 0 Å². The Kier molecular flexibility index (Phi) is 4.63. The van der Waals surface area contributed by atoms with Gasteiger partial charge in [0.2, 0.25) is 5.91 Å². The molecule has 1 atom stereocenters. The van der Waals surface area contributed by atoms with Gasteiger partial charge in [-0.1, -0.05) is 12.1 Å². The lowest BCUT2D eigenvalue weighted by Crippen LogP contribution is -2.49. The van der Waals surface area contributed by atoms with Gasteiger partial charge in [-0.25, -0.2) is 13.4 Å². The number of nitrogens with zero attached hydrogens (tertiary/aromatic N) is 2. The maximum atomic E-state index is 12.2. The van der Waals surface area contributed by atoms with E-state index >= 15 is 0 Å². The first-order valence-electron chi connectivity index (χ1n) is 7.79. The second-order valence-electron chi connectivity index (χ2n) is 6.70. The van der Waals surface area contributed by atoms with Crippen LogP contribution in [-0.2, 0) is 21.2 Å². The van der Waals surface area contributed by atoms with Crippen LogP contribution < -0.4 is 5.32 Å². The molecule has 1 aliphatic rings. The van der Waals surface area contributed by atoms with E-state index < -0.39 is 15.4 Å².